The minimum Gasteiger partial charge on any atom is -0.370 e. The van der Waals surface area contributed by atoms with Crippen LogP contribution < -0.4 is 11.1 Å². The first kappa shape index (κ1) is 15.0. The zero-order valence-corrected chi connectivity index (χ0v) is 12.7. The summed E-state index contributed by atoms with van der Waals surface area (Å²) in [5, 5.41) is 11.2. The van der Waals surface area contributed by atoms with Gasteiger partial charge in [-0.2, -0.15) is 15.0 Å². The molecule has 1 atom stereocenters. The summed E-state index contributed by atoms with van der Waals surface area (Å²) in [7, 11) is 1.77. The summed E-state index contributed by atoms with van der Waals surface area (Å²) in [6, 6.07) is 8.28. The second-order valence-corrected chi connectivity index (χ2v) is 5.08. The second kappa shape index (κ2) is 6.88. The number of aryl methyl sites for hydroxylation is 1. The van der Waals surface area contributed by atoms with Gasteiger partial charge < -0.3 is 11.1 Å². The smallest absolute Gasteiger partial charge is 0.193 e. The van der Waals surface area contributed by atoms with Crippen molar-refractivity contribution in [3.05, 3.63) is 41.7 Å². The van der Waals surface area contributed by atoms with Crippen molar-refractivity contribution in [2.75, 3.05) is 5.32 Å². The molecule has 6 nitrogen and oxygen atoms in total. The minimum atomic E-state index is 0.372. The number of hydrogen-bond donors (Lipinski definition) is 2. The molecule has 112 valence electrons. The molecule has 21 heavy (non-hydrogen) atoms. The molecule has 0 spiro atoms. The van der Waals surface area contributed by atoms with E-state index in [-0.39, 0.29) is 0 Å². The van der Waals surface area contributed by atoms with Gasteiger partial charge in [-0.05, 0) is 30.0 Å². The van der Waals surface area contributed by atoms with Crippen molar-refractivity contribution in [2.24, 2.45) is 17.8 Å². The Morgan fingerprint density at radius 1 is 1.38 bits per heavy atom. The van der Waals surface area contributed by atoms with Crippen molar-refractivity contribution in [3.8, 4) is 0 Å². The number of nitrogens with one attached hydrogen (secondary N) is 1. The maximum absolute atomic E-state index is 5.87. The van der Waals surface area contributed by atoms with Gasteiger partial charge in [0.2, 0.25) is 0 Å². The summed E-state index contributed by atoms with van der Waals surface area (Å²) in [5.74, 6) is 0.943. The molecule has 0 radical (unpaired) electrons. The second-order valence-electron chi connectivity index (χ2n) is 5.08. The number of aromatic nitrogens is 3. The number of guanidine groups is 1. The molecule has 1 aromatic carbocycles. The highest BCUT2D eigenvalue weighted by molar-refractivity contribution is 5.92. The van der Waals surface area contributed by atoms with Crippen LogP contribution in [0.2, 0.25) is 0 Å². The Morgan fingerprint density at radius 2 is 2.10 bits per heavy atom. The Balaban J connectivity index is 1.94. The number of nitrogens with two attached hydrogens (primary N) is 1. The van der Waals surface area contributed by atoms with Crippen LogP contribution in [-0.4, -0.2) is 21.0 Å². The molecule has 1 heterocycles. The van der Waals surface area contributed by atoms with Crippen molar-refractivity contribution >= 4 is 11.6 Å². The molecular weight excluding hydrogens is 264 g/mol. The highest BCUT2D eigenvalue weighted by Gasteiger charge is 2.03. The fourth-order valence-corrected chi connectivity index (χ4v) is 1.94. The third-order valence-electron chi connectivity index (χ3n) is 3.42. The molecule has 0 saturated carbocycles. The Labute approximate surface area is 125 Å². The summed E-state index contributed by atoms with van der Waals surface area (Å²) >= 11 is 0. The quantitative estimate of drug-likeness (QED) is 0.652. The fourth-order valence-electron chi connectivity index (χ4n) is 1.94. The van der Waals surface area contributed by atoms with Crippen LogP contribution in [0.3, 0.4) is 0 Å². The van der Waals surface area contributed by atoms with E-state index in [0.717, 1.165) is 17.8 Å². The van der Waals surface area contributed by atoms with Crippen molar-refractivity contribution in [1.82, 2.24) is 15.0 Å². The summed E-state index contributed by atoms with van der Waals surface area (Å²) in [6.07, 6.45) is 2.81. The standard InChI is InChI=1S/C15H22N6/c1-4-11(2)12-5-7-13(8-6-12)19-15(16)17-9-14-10-18-21(3)20-14/h5-8,10-11H,4,9H2,1-3H3,(H3,16,17,19). The molecule has 0 saturated heterocycles. The third-order valence-corrected chi connectivity index (χ3v) is 3.42. The highest BCUT2D eigenvalue weighted by atomic mass is 15.4. The SMILES string of the molecule is CCC(C)c1ccc(NC(N)=NCc2cnn(C)n2)cc1. The van der Waals surface area contributed by atoms with Crippen LogP contribution in [0.1, 0.15) is 37.4 Å². The van der Waals surface area contributed by atoms with Gasteiger partial charge >= 0.3 is 0 Å². The fraction of sp³-hybridized carbons (Fsp3) is 0.400. The third kappa shape index (κ3) is 4.30. The van der Waals surface area contributed by atoms with E-state index in [1.165, 1.54) is 10.4 Å². The van der Waals surface area contributed by atoms with Gasteiger partial charge in [0, 0.05) is 12.7 Å². The first-order chi connectivity index (χ1) is 10.1. The molecule has 2 aromatic rings. The summed E-state index contributed by atoms with van der Waals surface area (Å²) in [4.78, 5) is 5.75. The van der Waals surface area contributed by atoms with E-state index < -0.39 is 0 Å². The summed E-state index contributed by atoms with van der Waals surface area (Å²) < 4.78 is 0. The van der Waals surface area contributed by atoms with E-state index in [2.05, 4.69) is 46.5 Å². The first-order valence-electron chi connectivity index (χ1n) is 7.10. The van der Waals surface area contributed by atoms with Gasteiger partial charge in [0.05, 0.1) is 12.7 Å². The first-order valence-corrected chi connectivity index (χ1v) is 7.10. The van der Waals surface area contributed by atoms with Crippen LogP contribution in [0.5, 0.6) is 0 Å². The van der Waals surface area contributed by atoms with Crippen LogP contribution in [0.15, 0.2) is 35.5 Å². The van der Waals surface area contributed by atoms with Gasteiger partial charge in [-0.15, -0.1) is 0 Å². The van der Waals surface area contributed by atoms with Crippen molar-refractivity contribution < 1.29 is 0 Å². The normalized spacial score (nSPS) is 13.2. The monoisotopic (exact) mass is 286 g/mol. The Morgan fingerprint density at radius 3 is 2.67 bits per heavy atom. The Hall–Kier alpha value is -2.37. The van der Waals surface area contributed by atoms with Gasteiger partial charge in [-0.1, -0.05) is 26.0 Å². The number of rotatable bonds is 5. The lowest BCUT2D eigenvalue weighted by Crippen LogP contribution is -2.22. The molecule has 0 aliphatic carbocycles. The Bertz CT molecular complexity index is 599. The zero-order valence-electron chi connectivity index (χ0n) is 12.7. The van der Waals surface area contributed by atoms with Crippen LogP contribution >= 0.6 is 0 Å². The number of anilines is 1. The van der Waals surface area contributed by atoms with E-state index >= 15 is 0 Å². The molecular formula is C15H22N6. The number of hydrogen-bond acceptors (Lipinski definition) is 3. The predicted molar refractivity (Wildman–Crippen MR) is 85.1 cm³/mol. The van der Waals surface area contributed by atoms with Gasteiger partial charge in [-0.25, -0.2) is 4.99 Å². The lowest BCUT2D eigenvalue weighted by molar-refractivity contribution is 0.645. The minimum absolute atomic E-state index is 0.372. The van der Waals surface area contributed by atoms with Crippen LogP contribution in [0.25, 0.3) is 0 Å². The van der Waals surface area contributed by atoms with Crippen LogP contribution in [0.4, 0.5) is 5.69 Å². The molecule has 1 aromatic heterocycles. The average molecular weight is 286 g/mol. The van der Waals surface area contributed by atoms with E-state index in [4.69, 9.17) is 5.73 Å². The maximum Gasteiger partial charge on any atom is 0.193 e. The van der Waals surface area contributed by atoms with Gasteiger partial charge in [0.1, 0.15) is 5.69 Å². The van der Waals surface area contributed by atoms with E-state index in [1.54, 1.807) is 13.2 Å². The lowest BCUT2D eigenvalue weighted by Gasteiger charge is -2.10. The largest absolute Gasteiger partial charge is 0.370 e. The molecule has 0 amide bonds. The molecule has 3 N–H and O–H groups in total. The van der Waals surface area contributed by atoms with E-state index in [9.17, 15) is 0 Å². The molecule has 1 unspecified atom stereocenters. The van der Waals surface area contributed by atoms with E-state index in [0.29, 0.717) is 18.4 Å². The Kier molecular flexibility index (Phi) is 4.92. The average Bonchev–Trinajstić information content (AvgIpc) is 2.91. The van der Waals surface area contributed by atoms with Gasteiger partial charge in [0.15, 0.2) is 5.96 Å². The molecule has 0 aliphatic heterocycles. The van der Waals surface area contributed by atoms with E-state index in [1.807, 2.05) is 12.1 Å². The van der Waals surface area contributed by atoms with Crippen molar-refractivity contribution in [2.45, 2.75) is 32.7 Å². The van der Waals surface area contributed by atoms with Gasteiger partial charge in [0.25, 0.3) is 0 Å². The van der Waals surface area contributed by atoms with Crippen LogP contribution in [-0.2, 0) is 13.6 Å². The molecule has 0 bridgehead atoms. The predicted octanol–water partition coefficient (Wildman–Crippen LogP) is 2.26. The molecule has 0 aliphatic rings. The summed E-state index contributed by atoms with van der Waals surface area (Å²) in [6.45, 7) is 4.82. The van der Waals surface area contributed by atoms with Crippen molar-refractivity contribution in [1.29, 1.82) is 0 Å². The maximum atomic E-state index is 5.87. The van der Waals surface area contributed by atoms with Crippen LogP contribution in [0, 0.1) is 0 Å². The summed E-state index contributed by atoms with van der Waals surface area (Å²) in [5.41, 5.74) is 8.92. The topological polar surface area (TPSA) is 81.1 Å². The number of benzene rings is 1. The molecule has 0 fully saturated rings. The molecule has 2 rings (SSSR count). The number of aliphatic imine (C=N–C) groups is 1. The molecule has 6 heteroatoms. The lowest BCUT2D eigenvalue weighted by atomic mass is 9.99. The zero-order chi connectivity index (χ0) is 15.2. The van der Waals surface area contributed by atoms with Gasteiger partial charge in [-0.3, -0.25) is 0 Å². The number of nitrogens with zero attached hydrogens (tertiary/aromatic N) is 4. The van der Waals surface area contributed by atoms with Crippen molar-refractivity contribution in [3.63, 3.8) is 0 Å². The highest BCUT2D eigenvalue weighted by Crippen LogP contribution is 2.20.